The highest BCUT2D eigenvalue weighted by Crippen LogP contribution is 2.24. The summed E-state index contributed by atoms with van der Waals surface area (Å²) in [5, 5.41) is 3.64. The van der Waals surface area contributed by atoms with Gasteiger partial charge in [0.25, 0.3) is 0 Å². The van der Waals surface area contributed by atoms with Crippen LogP contribution in [0.15, 0.2) is 42.5 Å². The number of esters is 1. The Bertz CT molecular complexity index is 849. The Labute approximate surface area is 141 Å². The van der Waals surface area contributed by atoms with E-state index < -0.39 is 23.6 Å². The number of thiazole rings is 1. The molecule has 0 aliphatic rings. The summed E-state index contributed by atoms with van der Waals surface area (Å²) < 4.78 is 33.1. The molecule has 3 rings (SSSR count). The fourth-order valence-corrected chi connectivity index (χ4v) is 3.28. The average molecular weight is 348 g/mol. The van der Waals surface area contributed by atoms with Gasteiger partial charge in [-0.05, 0) is 30.3 Å². The first-order valence-corrected chi connectivity index (χ1v) is 8.00. The molecule has 24 heavy (non-hydrogen) atoms. The van der Waals surface area contributed by atoms with Crippen molar-refractivity contribution in [1.82, 2.24) is 10.3 Å². The number of benzene rings is 2. The minimum absolute atomic E-state index is 0.0945. The Hall–Kier alpha value is -2.38. The van der Waals surface area contributed by atoms with Crippen LogP contribution in [0.4, 0.5) is 8.78 Å². The molecule has 1 N–H and O–H groups in total. The van der Waals surface area contributed by atoms with E-state index in [1.807, 2.05) is 24.3 Å². The molecule has 0 spiro atoms. The van der Waals surface area contributed by atoms with Crippen LogP contribution in [0.3, 0.4) is 0 Å². The molecule has 3 aromatic rings. The SMILES string of the molecule is COC(=O)[C@H](NCc1nc2ccccc2s1)c1cc(F)ccc1F. The van der Waals surface area contributed by atoms with E-state index in [0.29, 0.717) is 0 Å². The first-order valence-electron chi connectivity index (χ1n) is 7.19. The second kappa shape index (κ2) is 7.02. The molecular weight excluding hydrogens is 334 g/mol. The first kappa shape index (κ1) is 16.5. The number of para-hydroxylation sites is 1. The lowest BCUT2D eigenvalue weighted by molar-refractivity contribution is -0.143. The van der Waals surface area contributed by atoms with Crippen LogP contribution in [0.2, 0.25) is 0 Å². The number of hydrogen-bond donors (Lipinski definition) is 1. The van der Waals surface area contributed by atoms with Gasteiger partial charge in [-0.3, -0.25) is 5.32 Å². The van der Waals surface area contributed by atoms with Crippen LogP contribution in [0.5, 0.6) is 0 Å². The lowest BCUT2D eigenvalue weighted by atomic mass is 10.1. The van der Waals surface area contributed by atoms with E-state index in [1.54, 1.807) is 0 Å². The number of fused-ring (bicyclic) bond motifs is 1. The van der Waals surface area contributed by atoms with Crippen LogP contribution < -0.4 is 5.32 Å². The quantitative estimate of drug-likeness (QED) is 0.716. The number of hydrogen-bond acceptors (Lipinski definition) is 5. The summed E-state index contributed by atoms with van der Waals surface area (Å²) in [4.78, 5) is 16.4. The van der Waals surface area contributed by atoms with Gasteiger partial charge in [0.05, 0.1) is 17.3 Å². The Morgan fingerprint density at radius 3 is 2.83 bits per heavy atom. The third-order valence-electron chi connectivity index (χ3n) is 3.50. The van der Waals surface area contributed by atoms with Crippen molar-refractivity contribution in [2.75, 3.05) is 7.11 Å². The van der Waals surface area contributed by atoms with Crippen molar-refractivity contribution in [3.8, 4) is 0 Å². The van der Waals surface area contributed by atoms with E-state index in [0.717, 1.165) is 33.4 Å². The molecule has 0 saturated carbocycles. The fraction of sp³-hybridized carbons (Fsp3) is 0.176. The number of carbonyl (C=O) groups is 1. The van der Waals surface area contributed by atoms with Crippen molar-refractivity contribution >= 4 is 27.5 Å². The van der Waals surface area contributed by atoms with Crippen molar-refractivity contribution in [3.05, 3.63) is 64.7 Å². The third kappa shape index (κ3) is 3.42. The summed E-state index contributed by atoms with van der Waals surface area (Å²) in [5.41, 5.74) is 0.758. The molecule has 0 saturated heterocycles. The summed E-state index contributed by atoms with van der Waals surface area (Å²) in [6.45, 7) is 0.231. The molecule has 0 unspecified atom stereocenters. The van der Waals surface area contributed by atoms with E-state index in [4.69, 9.17) is 4.74 Å². The molecule has 0 fully saturated rings. The molecular formula is C17H14F2N2O2S. The second-order valence-corrected chi connectivity index (χ2v) is 6.19. The van der Waals surface area contributed by atoms with Crippen LogP contribution in [-0.4, -0.2) is 18.1 Å². The molecule has 0 bridgehead atoms. The number of aromatic nitrogens is 1. The number of methoxy groups -OCH3 is 1. The van der Waals surface area contributed by atoms with Gasteiger partial charge in [-0.1, -0.05) is 12.1 Å². The summed E-state index contributed by atoms with van der Waals surface area (Å²) in [6.07, 6.45) is 0. The Morgan fingerprint density at radius 2 is 2.08 bits per heavy atom. The first-order chi connectivity index (χ1) is 11.6. The predicted molar refractivity (Wildman–Crippen MR) is 87.6 cm³/mol. The molecule has 124 valence electrons. The van der Waals surface area contributed by atoms with E-state index in [1.165, 1.54) is 18.4 Å². The summed E-state index contributed by atoms with van der Waals surface area (Å²) >= 11 is 1.47. The van der Waals surface area contributed by atoms with Gasteiger partial charge in [0.15, 0.2) is 0 Å². The number of rotatable bonds is 5. The van der Waals surface area contributed by atoms with E-state index in [2.05, 4.69) is 10.3 Å². The maximum absolute atomic E-state index is 14.0. The molecule has 0 aliphatic carbocycles. The normalized spacial score (nSPS) is 12.3. The van der Waals surface area contributed by atoms with Crippen molar-refractivity contribution < 1.29 is 18.3 Å². The van der Waals surface area contributed by atoms with Gasteiger partial charge >= 0.3 is 5.97 Å². The van der Waals surface area contributed by atoms with Crippen LogP contribution in [0, 0.1) is 11.6 Å². The topological polar surface area (TPSA) is 51.2 Å². The third-order valence-corrected chi connectivity index (χ3v) is 4.54. The van der Waals surface area contributed by atoms with E-state index in [-0.39, 0.29) is 12.1 Å². The lowest BCUT2D eigenvalue weighted by Crippen LogP contribution is -2.30. The number of ether oxygens (including phenoxy) is 1. The molecule has 0 radical (unpaired) electrons. The van der Waals surface area contributed by atoms with Crippen LogP contribution in [-0.2, 0) is 16.1 Å². The zero-order valence-electron chi connectivity index (χ0n) is 12.8. The Balaban J connectivity index is 1.84. The molecule has 2 aromatic carbocycles. The van der Waals surface area contributed by atoms with Crippen LogP contribution >= 0.6 is 11.3 Å². The van der Waals surface area contributed by atoms with Gasteiger partial charge in [0.2, 0.25) is 0 Å². The maximum Gasteiger partial charge on any atom is 0.327 e. The molecule has 0 aliphatic heterocycles. The highest BCUT2D eigenvalue weighted by Gasteiger charge is 2.25. The van der Waals surface area contributed by atoms with Gasteiger partial charge in [0.1, 0.15) is 22.7 Å². The summed E-state index contributed by atoms with van der Waals surface area (Å²) in [5.74, 6) is -1.99. The monoisotopic (exact) mass is 348 g/mol. The largest absolute Gasteiger partial charge is 0.468 e. The second-order valence-electron chi connectivity index (χ2n) is 5.08. The van der Waals surface area contributed by atoms with Crippen LogP contribution in [0.1, 0.15) is 16.6 Å². The predicted octanol–water partition coefficient (Wildman–Crippen LogP) is 3.58. The molecule has 1 aromatic heterocycles. The van der Waals surface area contributed by atoms with Gasteiger partial charge in [-0.2, -0.15) is 0 Å². The summed E-state index contributed by atoms with van der Waals surface area (Å²) in [7, 11) is 1.20. The lowest BCUT2D eigenvalue weighted by Gasteiger charge is -2.17. The van der Waals surface area contributed by atoms with Gasteiger partial charge in [-0.15, -0.1) is 11.3 Å². The van der Waals surface area contributed by atoms with E-state index >= 15 is 0 Å². The van der Waals surface area contributed by atoms with Crippen molar-refractivity contribution in [2.45, 2.75) is 12.6 Å². The Kier molecular flexibility index (Phi) is 4.82. The van der Waals surface area contributed by atoms with Gasteiger partial charge in [-0.25, -0.2) is 18.6 Å². The van der Waals surface area contributed by atoms with Gasteiger partial charge in [0, 0.05) is 12.1 Å². The van der Waals surface area contributed by atoms with Crippen LogP contribution in [0.25, 0.3) is 10.2 Å². The standard InChI is InChI=1S/C17H14F2N2O2S/c1-23-17(22)16(11-8-10(18)6-7-12(11)19)20-9-15-21-13-4-2-3-5-14(13)24-15/h2-8,16,20H,9H2,1H3/t16-/m1/s1. The molecule has 0 amide bonds. The van der Waals surface area contributed by atoms with E-state index in [9.17, 15) is 13.6 Å². The number of nitrogens with one attached hydrogen (secondary N) is 1. The maximum atomic E-state index is 14.0. The minimum atomic E-state index is -1.11. The zero-order valence-corrected chi connectivity index (χ0v) is 13.6. The van der Waals surface area contributed by atoms with Crippen molar-refractivity contribution in [2.24, 2.45) is 0 Å². The summed E-state index contributed by atoms with van der Waals surface area (Å²) in [6, 6.07) is 9.50. The van der Waals surface area contributed by atoms with Crippen molar-refractivity contribution in [1.29, 1.82) is 0 Å². The molecule has 4 nitrogen and oxygen atoms in total. The van der Waals surface area contributed by atoms with Gasteiger partial charge < -0.3 is 4.74 Å². The minimum Gasteiger partial charge on any atom is -0.468 e. The van der Waals surface area contributed by atoms with Crippen molar-refractivity contribution in [3.63, 3.8) is 0 Å². The molecule has 1 atom stereocenters. The molecule has 7 heteroatoms. The molecule has 1 heterocycles. The fourth-order valence-electron chi connectivity index (χ4n) is 2.36. The Morgan fingerprint density at radius 1 is 1.29 bits per heavy atom. The zero-order chi connectivity index (χ0) is 17.1. The highest BCUT2D eigenvalue weighted by molar-refractivity contribution is 7.18. The average Bonchev–Trinajstić information content (AvgIpc) is 3.00. The number of halogens is 2. The highest BCUT2D eigenvalue weighted by atomic mass is 32.1. The number of carbonyl (C=O) groups excluding carboxylic acids is 1. The number of nitrogens with zero attached hydrogens (tertiary/aromatic N) is 1. The smallest absolute Gasteiger partial charge is 0.327 e.